The summed E-state index contributed by atoms with van der Waals surface area (Å²) in [5.41, 5.74) is 2.10. The first-order chi connectivity index (χ1) is 7.49. The average molecular weight is 223 g/mol. The van der Waals surface area contributed by atoms with Gasteiger partial charge in [-0.05, 0) is 45.5 Å². The number of nitrogens with zero attached hydrogens (tertiary/aromatic N) is 1. The van der Waals surface area contributed by atoms with E-state index in [1.165, 1.54) is 0 Å². The third-order valence-electron chi connectivity index (χ3n) is 2.48. The second kappa shape index (κ2) is 5.87. The fourth-order valence-electron chi connectivity index (χ4n) is 1.64. The van der Waals surface area contributed by atoms with Crippen LogP contribution in [-0.2, 0) is 13.0 Å². The number of aromatic hydroxyl groups is 1. The van der Waals surface area contributed by atoms with Crippen molar-refractivity contribution in [3.05, 3.63) is 29.3 Å². The van der Waals surface area contributed by atoms with E-state index in [1.807, 2.05) is 31.1 Å². The van der Waals surface area contributed by atoms with E-state index in [0.717, 1.165) is 30.5 Å². The molecule has 3 nitrogen and oxygen atoms in total. The monoisotopic (exact) mass is 223 g/mol. The van der Waals surface area contributed by atoms with Crippen molar-refractivity contribution < 1.29 is 10.2 Å². The fraction of sp³-hybridized carbons (Fsp3) is 0.538. The van der Waals surface area contributed by atoms with Gasteiger partial charge in [0.05, 0.1) is 6.10 Å². The molecule has 1 aromatic carbocycles. The number of phenolic OH excluding ortho intramolecular Hbond substituents is 1. The fourth-order valence-corrected chi connectivity index (χ4v) is 1.64. The Morgan fingerprint density at radius 1 is 1.31 bits per heavy atom. The Morgan fingerprint density at radius 3 is 2.56 bits per heavy atom. The molecule has 90 valence electrons. The van der Waals surface area contributed by atoms with Crippen molar-refractivity contribution in [1.29, 1.82) is 0 Å². The molecule has 0 aliphatic rings. The molecule has 1 atom stereocenters. The summed E-state index contributed by atoms with van der Waals surface area (Å²) in [6.45, 7) is 2.52. The van der Waals surface area contributed by atoms with Crippen LogP contribution in [0.25, 0.3) is 0 Å². The minimum Gasteiger partial charge on any atom is -0.508 e. The summed E-state index contributed by atoms with van der Waals surface area (Å²) in [5.74, 6) is 0.342. The van der Waals surface area contributed by atoms with Gasteiger partial charge in [0.15, 0.2) is 0 Å². The smallest absolute Gasteiger partial charge is 0.120 e. The van der Waals surface area contributed by atoms with Crippen molar-refractivity contribution in [2.24, 2.45) is 0 Å². The molecule has 0 aromatic heterocycles. The van der Waals surface area contributed by atoms with Gasteiger partial charge in [-0.1, -0.05) is 12.1 Å². The molecule has 0 aliphatic heterocycles. The van der Waals surface area contributed by atoms with Crippen molar-refractivity contribution >= 4 is 0 Å². The highest BCUT2D eigenvalue weighted by molar-refractivity contribution is 5.36. The van der Waals surface area contributed by atoms with E-state index in [4.69, 9.17) is 0 Å². The predicted octanol–water partition coefficient (Wildman–Crippen LogP) is 1.77. The van der Waals surface area contributed by atoms with Crippen LogP contribution in [0, 0.1) is 0 Å². The van der Waals surface area contributed by atoms with Crippen LogP contribution in [0.4, 0.5) is 0 Å². The van der Waals surface area contributed by atoms with E-state index in [9.17, 15) is 10.2 Å². The summed E-state index contributed by atoms with van der Waals surface area (Å²) < 4.78 is 0. The van der Waals surface area contributed by atoms with Crippen LogP contribution in [0.2, 0.25) is 0 Å². The maximum Gasteiger partial charge on any atom is 0.120 e. The third-order valence-corrected chi connectivity index (χ3v) is 2.48. The summed E-state index contributed by atoms with van der Waals surface area (Å²) in [6, 6.07) is 5.66. The molecule has 0 heterocycles. The zero-order valence-corrected chi connectivity index (χ0v) is 10.3. The van der Waals surface area contributed by atoms with E-state index in [-0.39, 0.29) is 6.10 Å². The maximum atomic E-state index is 9.69. The number of phenols is 1. The number of aliphatic hydroxyl groups is 1. The Labute approximate surface area is 97.3 Å². The lowest BCUT2D eigenvalue weighted by Crippen LogP contribution is -2.11. The predicted molar refractivity (Wildman–Crippen MR) is 65.5 cm³/mol. The lowest BCUT2D eigenvalue weighted by molar-refractivity contribution is 0.185. The summed E-state index contributed by atoms with van der Waals surface area (Å²) in [7, 11) is 3.95. The molecule has 0 amide bonds. The maximum absolute atomic E-state index is 9.69. The third kappa shape index (κ3) is 4.21. The average Bonchev–Trinajstić information content (AvgIpc) is 2.18. The van der Waals surface area contributed by atoms with Crippen LogP contribution < -0.4 is 0 Å². The number of hydrogen-bond donors (Lipinski definition) is 2. The van der Waals surface area contributed by atoms with Crippen molar-refractivity contribution in [3.63, 3.8) is 0 Å². The van der Waals surface area contributed by atoms with E-state index >= 15 is 0 Å². The topological polar surface area (TPSA) is 43.7 Å². The van der Waals surface area contributed by atoms with Gasteiger partial charge >= 0.3 is 0 Å². The number of hydrogen-bond acceptors (Lipinski definition) is 3. The molecule has 0 fully saturated rings. The molecule has 16 heavy (non-hydrogen) atoms. The van der Waals surface area contributed by atoms with Crippen LogP contribution >= 0.6 is 0 Å². The molecule has 2 N–H and O–H groups in total. The van der Waals surface area contributed by atoms with Crippen molar-refractivity contribution in [1.82, 2.24) is 4.90 Å². The first-order valence-corrected chi connectivity index (χ1v) is 5.62. The van der Waals surface area contributed by atoms with Gasteiger partial charge in [-0.3, -0.25) is 0 Å². The van der Waals surface area contributed by atoms with E-state index in [0.29, 0.717) is 5.75 Å². The van der Waals surface area contributed by atoms with Gasteiger partial charge in [-0.2, -0.15) is 0 Å². The van der Waals surface area contributed by atoms with Gasteiger partial charge in [0, 0.05) is 12.1 Å². The van der Waals surface area contributed by atoms with Crippen LogP contribution in [0.1, 0.15) is 24.5 Å². The van der Waals surface area contributed by atoms with Gasteiger partial charge < -0.3 is 15.1 Å². The summed E-state index contributed by atoms with van der Waals surface area (Å²) in [5, 5.41) is 18.9. The van der Waals surface area contributed by atoms with Crippen molar-refractivity contribution in [3.8, 4) is 5.75 Å². The molecule has 0 bridgehead atoms. The SMILES string of the molecule is CC(O)CCc1ccc(O)c(CN(C)C)c1. The Hall–Kier alpha value is -1.06. The Bertz CT molecular complexity index is 335. The molecule has 0 saturated carbocycles. The minimum absolute atomic E-state index is 0.272. The highest BCUT2D eigenvalue weighted by atomic mass is 16.3. The molecule has 0 spiro atoms. The van der Waals surface area contributed by atoms with Crippen molar-refractivity contribution in [2.75, 3.05) is 14.1 Å². The van der Waals surface area contributed by atoms with E-state index in [1.54, 1.807) is 13.0 Å². The quantitative estimate of drug-likeness (QED) is 0.799. The molecule has 1 rings (SSSR count). The Morgan fingerprint density at radius 2 is 2.00 bits per heavy atom. The number of aliphatic hydroxyl groups excluding tert-OH is 1. The Balaban J connectivity index is 2.73. The molecule has 0 radical (unpaired) electrons. The number of aryl methyl sites for hydroxylation is 1. The highest BCUT2D eigenvalue weighted by Gasteiger charge is 2.05. The van der Waals surface area contributed by atoms with Crippen molar-refractivity contribution in [2.45, 2.75) is 32.4 Å². The molecular formula is C13H21NO2. The standard InChI is InChI=1S/C13H21NO2/c1-10(15)4-5-11-6-7-13(16)12(8-11)9-14(2)3/h6-8,10,15-16H,4-5,9H2,1-3H3. The lowest BCUT2D eigenvalue weighted by Gasteiger charge is -2.13. The molecule has 0 aliphatic carbocycles. The van der Waals surface area contributed by atoms with Gasteiger partial charge in [0.1, 0.15) is 5.75 Å². The normalized spacial score (nSPS) is 13.1. The number of rotatable bonds is 5. The molecule has 1 unspecified atom stereocenters. The summed E-state index contributed by atoms with van der Waals surface area (Å²) in [4.78, 5) is 2.02. The molecule has 3 heteroatoms. The summed E-state index contributed by atoms with van der Waals surface area (Å²) >= 11 is 0. The minimum atomic E-state index is -0.272. The zero-order chi connectivity index (χ0) is 12.1. The van der Waals surface area contributed by atoms with E-state index in [2.05, 4.69) is 0 Å². The molecule has 0 saturated heterocycles. The second-order valence-electron chi connectivity index (χ2n) is 4.59. The lowest BCUT2D eigenvalue weighted by atomic mass is 10.0. The van der Waals surface area contributed by atoms with Crippen LogP contribution in [-0.4, -0.2) is 35.3 Å². The van der Waals surface area contributed by atoms with Gasteiger partial charge in [-0.25, -0.2) is 0 Å². The first kappa shape index (κ1) is 13.0. The van der Waals surface area contributed by atoms with Crippen LogP contribution in [0.5, 0.6) is 5.75 Å². The van der Waals surface area contributed by atoms with Gasteiger partial charge in [0.25, 0.3) is 0 Å². The number of benzene rings is 1. The molecule has 1 aromatic rings. The second-order valence-corrected chi connectivity index (χ2v) is 4.59. The van der Waals surface area contributed by atoms with Gasteiger partial charge in [-0.15, -0.1) is 0 Å². The van der Waals surface area contributed by atoms with Gasteiger partial charge in [0.2, 0.25) is 0 Å². The Kier molecular flexibility index (Phi) is 4.77. The zero-order valence-electron chi connectivity index (χ0n) is 10.3. The van der Waals surface area contributed by atoms with Crippen LogP contribution in [0.15, 0.2) is 18.2 Å². The highest BCUT2D eigenvalue weighted by Crippen LogP contribution is 2.20. The van der Waals surface area contributed by atoms with Crippen LogP contribution in [0.3, 0.4) is 0 Å². The van der Waals surface area contributed by atoms with E-state index < -0.39 is 0 Å². The molecular weight excluding hydrogens is 202 g/mol. The first-order valence-electron chi connectivity index (χ1n) is 5.62. The largest absolute Gasteiger partial charge is 0.508 e. The summed E-state index contributed by atoms with van der Waals surface area (Å²) in [6.07, 6.45) is 1.33.